The van der Waals surface area contributed by atoms with Crippen LogP contribution in [0.1, 0.15) is 43.2 Å². The highest BCUT2D eigenvalue weighted by Gasteiger charge is 2.38. The minimum Gasteiger partial charge on any atom is -0.381 e. The number of benzene rings is 3. The molecular weight excluding hydrogens is 605 g/mol. The number of hydrogen-bond acceptors (Lipinski definition) is 6. The van der Waals surface area contributed by atoms with Crippen molar-refractivity contribution in [3.8, 4) is 0 Å². The quantitative estimate of drug-likeness (QED) is 0.298. The van der Waals surface area contributed by atoms with Crippen molar-refractivity contribution >= 4 is 21.6 Å². The SMILES string of the molecule is C[C@@H]1CNC[C@H](CCc2c(F)cccc2NC(=O)[C@@H](N)C(c2ccc(F)c(F)c2)C2CCOCC2)N1S(=O)(=O)c1ccccc1. The predicted octanol–water partition coefficient (Wildman–Crippen LogP) is 4.56. The molecule has 2 saturated heterocycles. The summed E-state index contributed by atoms with van der Waals surface area (Å²) in [5.41, 5.74) is 7.38. The molecule has 0 spiro atoms. The van der Waals surface area contributed by atoms with Crippen LogP contribution in [0.25, 0.3) is 0 Å². The van der Waals surface area contributed by atoms with E-state index >= 15 is 4.39 Å². The lowest BCUT2D eigenvalue weighted by molar-refractivity contribution is -0.118. The van der Waals surface area contributed by atoms with Crippen molar-refractivity contribution in [2.75, 3.05) is 31.6 Å². The van der Waals surface area contributed by atoms with Crippen molar-refractivity contribution in [2.24, 2.45) is 11.7 Å². The number of carbonyl (C=O) groups excluding carboxylic acids is 1. The van der Waals surface area contributed by atoms with E-state index in [2.05, 4.69) is 10.6 Å². The zero-order chi connectivity index (χ0) is 32.1. The molecule has 2 fully saturated rings. The average molecular weight is 645 g/mol. The summed E-state index contributed by atoms with van der Waals surface area (Å²) in [4.78, 5) is 13.8. The van der Waals surface area contributed by atoms with Gasteiger partial charge in [-0.3, -0.25) is 4.79 Å². The van der Waals surface area contributed by atoms with Gasteiger partial charge in [-0.25, -0.2) is 21.6 Å². The van der Waals surface area contributed by atoms with Crippen molar-refractivity contribution in [3.63, 3.8) is 0 Å². The fraction of sp³-hybridized carbons (Fsp3) is 0.424. The Morgan fingerprint density at radius 3 is 2.44 bits per heavy atom. The second kappa shape index (κ2) is 14.4. The van der Waals surface area contributed by atoms with E-state index in [1.807, 2.05) is 6.92 Å². The molecule has 4 N–H and O–H groups in total. The average Bonchev–Trinajstić information content (AvgIpc) is 3.03. The minimum atomic E-state index is -3.81. The van der Waals surface area contributed by atoms with Crippen LogP contribution < -0.4 is 16.4 Å². The number of nitrogens with two attached hydrogens (primary N) is 1. The van der Waals surface area contributed by atoms with Gasteiger partial charge in [-0.2, -0.15) is 4.31 Å². The fourth-order valence-corrected chi connectivity index (χ4v) is 8.43. The van der Waals surface area contributed by atoms with Crippen LogP contribution in [0.4, 0.5) is 18.9 Å². The predicted molar refractivity (Wildman–Crippen MR) is 166 cm³/mol. The molecule has 8 nitrogen and oxygen atoms in total. The van der Waals surface area contributed by atoms with Crippen LogP contribution in [0, 0.1) is 23.4 Å². The Bertz CT molecular complexity index is 1590. The molecule has 12 heteroatoms. The lowest BCUT2D eigenvalue weighted by atomic mass is 9.76. The van der Waals surface area contributed by atoms with Gasteiger partial charge in [-0.05, 0) is 80.5 Å². The Kier molecular flexibility index (Phi) is 10.6. The molecule has 1 unspecified atom stereocenters. The zero-order valence-corrected chi connectivity index (χ0v) is 25.9. The summed E-state index contributed by atoms with van der Waals surface area (Å²) in [5.74, 6) is -3.91. The van der Waals surface area contributed by atoms with Crippen molar-refractivity contribution in [2.45, 2.75) is 61.5 Å². The molecule has 45 heavy (non-hydrogen) atoms. The van der Waals surface area contributed by atoms with Gasteiger partial charge in [-0.15, -0.1) is 0 Å². The summed E-state index contributed by atoms with van der Waals surface area (Å²) in [6.07, 6.45) is 1.61. The molecular formula is C33H39F3N4O4S. The van der Waals surface area contributed by atoms with E-state index in [-0.39, 0.29) is 34.5 Å². The third-order valence-electron chi connectivity index (χ3n) is 8.83. The van der Waals surface area contributed by atoms with Gasteiger partial charge in [-0.1, -0.05) is 30.3 Å². The Balaban J connectivity index is 1.36. The van der Waals surface area contributed by atoms with Crippen molar-refractivity contribution < 1.29 is 31.1 Å². The third-order valence-corrected chi connectivity index (χ3v) is 10.9. The molecule has 2 aliphatic heterocycles. The summed E-state index contributed by atoms with van der Waals surface area (Å²) in [6.45, 7) is 3.61. The maximum Gasteiger partial charge on any atom is 0.243 e. The van der Waals surface area contributed by atoms with Crippen LogP contribution in [0.2, 0.25) is 0 Å². The number of sulfonamides is 1. The number of carbonyl (C=O) groups is 1. The number of halogens is 3. The molecule has 5 rings (SSSR count). The number of ether oxygens (including phenoxy) is 1. The van der Waals surface area contributed by atoms with Crippen molar-refractivity contribution in [3.05, 3.63) is 95.3 Å². The van der Waals surface area contributed by atoms with E-state index in [4.69, 9.17) is 10.5 Å². The molecule has 0 radical (unpaired) electrons. The van der Waals surface area contributed by atoms with Crippen molar-refractivity contribution in [1.29, 1.82) is 0 Å². The molecule has 4 atom stereocenters. The number of piperazine rings is 1. The van der Waals surface area contributed by atoms with Crippen LogP contribution in [-0.2, 0) is 26.0 Å². The molecule has 2 aliphatic rings. The number of rotatable bonds is 10. The second-order valence-electron chi connectivity index (χ2n) is 11.8. The first-order valence-corrected chi connectivity index (χ1v) is 16.7. The number of nitrogens with one attached hydrogen (secondary N) is 2. The maximum atomic E-state index is 15.3. The Morgan fingerprint density at radius 2 is 1.73 bits per heavy atom. The lowest BCUT2D eigenvalue weighted by Gasteiger charge is -2.40. The van der Waals surface area contributed by atoms with Gasteiger partial charge in [0, 0.05) is 55.6 Å². The zero-order valence-electron chi connectivity index (χ0n) is 25.1. The molecule has 0 saturated carbocycles. The summed E-state index contributed by atoms with van der Waals surface area (Å²) < 4.78 is 77.5. The van der Waals surface area contributed by atoms with Gasteiger partial charge in [0.2, 0.25) is 15.9 Å². The summed E-state index contributed by atoms with van der Waals surface area (Å²) in [6, 6.07) is 14.1. The topological polar surface area (TPSA) is 114 Å². The highest BCUT2D eigenvalue weighted by Crippen LogP contribution is 2.36. The van der Waals surface area contributed by atoms with Gasteiger partial charge in [0.05, 0.1) is 10.9 Å². The molecule has 3 aromatic rings. The molecule has 0 aliphatic carbocycles. The first-order valence-electron chi connectivity index (χ1n) is 15.2. The summed E-state index contributed by atoms with van der Waals surface area (Å²) in [7, 11) is -3.81. The highest BCUT2D eigenvalue weighted by molar-refractivity contribution is 7.89. The summed E-state index contributed by atoms with van der Waals surface area (Å²) in [5, 5.41) is 6.05. The number of nitrogens with zero attached hydrogens (tertiary/aromatic N) is 1. The first-order chi connectivity index (χ1) is 21.6. The van der Waals surface area contributed by atoms with E-state index in [0.717, 1.165) is 12.1 Å². The van der Waals surface area contributed by atoms with E-state index in [1.165, 1.54) is 22.5 Å². The lowest BCUT2D eigenvalue weighted by Crippen LogP contribution is -2.58. The standard InChI is InChI=1S/C33H39F3N4O4S/c1-21-19-38-20-24(40(21)45(42,43)25-6-3-2-4-7-25)11-12-26-27(34)8-5-9-30(26)39-33(41)32(37)31(22-14-16-44-17-15-22)23-10-13-28(35)29(36)18-23/h2-10,13,18,21-22,24,31-32,38H,11-12,14-17,19-20,37H2,1H3,(H,39,41)/t21-,24+,31?,32+/m1/s1. The number of hydrogen-bond donors (Lipinski definition) is 3. The molecule has 0 aromatic heterocycles. The van der Waals surface area contributed by atoms with Gasteiger partial charge in [0.15, 0.2) is 11.6 Å². The van der Waals surface area contributed by atoms with E-state index in [1.54, 1.807) is 36.4 Å². The highest BCUT2D eigenvalue weighted by atomic mass is 32.2. The van der Waals surface area contributed by atoms with E-state index in [0.29, 0.717) is 51.1 Å². The molecule has 3 aromatic carbocycles. The van der Waals surface area contributed by atoms with Crippen LogP contribution in [-0.4, -0.2) is 63.1 Å². The van der Waals surface area contributed by atoms with Crippen LogP contribution in [0.15, 0.2) is 71.6 Å². The Hall–Kier alpha value is -3.29. The molecule has 1 amide bonds. The van der Waals surface area contributed by atoms with Gasteiger partial charge in [0.1, 0.15) is 5.82 Å². The molecule has 2 heterocycles. The normalized spacial score (nSPS) is 21.3. The third kappa shape index (κ3) is 7.41. The fourth-order valence-electron chi connectivity index (χ4n) is 6.56. The molecule has 0 bridgehead atoms. The van der Waals surface area contributed by atoms with Gasteiger partial charge in [0.25, 0.3) is 0 Å². The largest absolute Gasteiger partial charge is 0.381 e. The summed E-state index contributed by atoms with van der Waals surface area (Å²) >= 11 is 0. The first kappa shape index (κ1) is 33.1. The van der Waals surface area contributed by atoms with Crippen molar-refractivity contribution in [1.82, 2.24) is 9.62 Å². The van der Waals surface area contributed by atoms with E-state index in [9.17, 15) is 22.0 Å². The second-order valence-corrected chi connectivity index (χ2v) is 13.6. The monoisotopic (exact) mass is 644 g/mol. The Morgan fingerprint density at radius 1 is 1.00 bits per heavy atom. The van der Waals surface area contributed by atoms with Gasteiger partial charge >= 0.3 is 0 Å². The maximum absolute atomic E-state index is 15.3. The van der Waals surface area contributed by atoms with E-state index < -0.39 is 51.4 Å². The number of amides is 1. The molecule has 242 valence electrons. The van der Waals surface area contributed by atoms with Crippen LogP contribution >= 0.6 is 0 Å². The van der Waals surface area contributed by atoms with Crippen LogP contribution in [0.5, 0.6) is 0 Å². The Labute approximate surface area is 262 Å². The van der Waals surface area contributed by atoms with Crippen LogP contribution in [0.3, 0.4) is 0 Å². The smallest absolute Gasteiger partial charge is 0.243 e. The number of anilines is 1. The minimum absolute atomic E-state index is 0.116. The van der Waals surface area contributed by atoms with Gasteiger partial charge < -0.3 is 21.1 Å².